The molecule has 1 aromatic carbocycles. The number of rotatable bonds is 5. The number of carbonyl (C=O) groups excluding carboxylic acids is 3. The number of esters is 1. The van der Waals surface area contributed by atoms with E-state index in [2.05, 4.69) is 4.74 Å². The van der Waals surface area contributed by atoms with Gasteiger partial charge in [-0.3, -0.25) is 10.1 Å². The van der Waals surface area contributed by atoms with Gasteiger partial charge in [0.2, 0.25) is 0 Å². The van der Waals surface area contributed by atoms with Crippen LogP contribution in [0.25, 0.3) is 0 Å². The van der Waals surface area contributed by atoms with Gasteiger partial charge in [0.1, 0.15) is 5.75 Å². The van der Waals surface area contributed by atoms with Gasteiger partial charge in [0, 0.05) is 0 Å². The third kappa shape index (κ3) is 5.08. The minimum Gasteiger partial charge on any atom is -0.481 e. The lowest BCUT2D eigenvalue weighted by Gasteiger charge is -2.14. The summed E-state index contributed by atoms with van der Waals surface area (Å²) in [6.45, 7) is 4.73. The molecule has 0 saturated carbocycles. The van der Waals surface area contributed by atoms with Crippen LogP contribution in [-0.4, -0.2) is 37.8 Å². The predicted molar refractivity (Wildman–Crippen MR) is 77.5 cm³/mol. The second-order valence-corrected chi connectivity index (χ2v) is 4.62. The monoisotopic (exact) mass is 309 g/mol. The van der Waals surface area contributed by atoms with Gasteiger partial charge in [-0.15, -0.1) is 0 Å². The zero-order chi connectivity index (χ0) is 16.7. The van der Waals surface area contributed by atoms with Crippen LogP contribution in [0.2, 0.25) is 0 Å². The molecule has 0 saturated heterocycles. The number of amides is 2. The highest BCUT2D eigenvalue weighted by atomic mass is 16.6. The summed E-state index contributed by atoms with van der Waals surface area (Å²) >= 11 is 0. The van der Waals surface area contributed by atoms with Gasteiger partial charge in [-0.2, -0.15) is 0 Å². The van der Waals surface area contributed by atoms with Crippen molar-refractivity contribution < 1.29 is 28.6 Å². The van der Waals surface area contributed by atoms with Crippen molar-refractivity contribution in [3.05, 3.63) is 29.3 Å². The van der Waals surface area contributed by atoms with Crippen molar-refractivity contribution in [3.8, 4) is 5.75 Å². The van der Waals surface area contributed by atoms with Crippen LogP contribution in [0.1, 0.15) is 18.1 Å². The molecule has 1 aromatic rings. The highest BCUT2D eigenvalue weighted by Gasteiger charge is 2.20. The lowest BCUT2D eigenvalue weighted by Crippen LogP contribution is -2.40. The van der Waals surface area contributed by atoms with E-state index in [-0.39, 0.29) is 6.61 Å². The minimum absolute atomic E-state index is 0.332. The Balaban J connectivity index is 2.49. The van der Waals surface area contributed by atoms with Gasteiger partial charge >= 0.3 is 12.1 Å². The number of hydrogen-bond donors (Lipinski definition) is 1. The Morgan fingerprint density at radius 2 is 1.77 bits per heavy atom. The highest BCUT2D eigenvalue weighted by molar-refractivity contribution is 5.95. The van der Waals surface area contributed by atoms with E-state index in [0.29, 0.717) is 5.75 Å². The first kappa shape index (κ1) is 17.5. The first-order valence-corrected chi connectivity index (χ1v) is 6.62. The van der Waals surface area contributed by atoms with E-state index in [1.54, 1.807) is 0 Å². The van der Waals surface area contributed by atoms with Gasteiger partial charge in [0.15, 0.2) is 12.7 Å². The second-order valence-electron chi connectivity index (χ2n) is 4.62. The van der Waals surface area contributed by atoms with Crippen LogP contribution in [0.5, 0.6) is 5.75 Å². The fourth-order valence-electron chi connectivity index (χ4n) is 1.70. The second kappa shape index (κ2) is 8.02. The van der Waals surface area contributed by atoms with Gasteiger partial charge in [0.05, 0.1) is 7.11 Å². The van der Waals surface area contributed by atoms with Crippen LogP contribution in [0.15, 0.2) is 18.2 Å². The fraction of sp³-hybridized carbons (Fsp3) is 0.400. The Labute approximate surface area is 128 Å². The summed E-state index contributed by atoms with van der Waals surface area (Å²) in [6, 6.07) is 5.61. The minimum atomic E-state index is -1.13. The van der Waals surface area contributed by atoms with Crippen molar-refractivity contribution in [2.45, 2.75) is 26.9 Å². The van der Waals surface area contributed by atoms with Gasteiger partial charge in [0.25, 0.3) is 5.91 Å². The molecule has 0 fully saturated rings. The summed E-state index contributed by atoms with van der Waals surface area (Å²) in [5.74, 6) is -0.881. The molecule has 0 bridgehead atoms. The summed E-state index contributed by atoms with van der Waals surface area (Å²) in [6.07, 6.45) is -2.05. The maximum atomic E-state index is 11.7. The fourth-order valence-corrected chi connectivity index (χ4v) is 1.70. The molecular weight excluding hydrogens is 290 g/mol. The summed E-state index contributed by atoms with van der Waals surface area (Å²) in [5, 5.41) is 1.91. The van der Waals surface area contributed by atoms with E-state index < -0.39 is 24.1 Å². The number of aryl methyl sites for hydroxylation is 2. The molecule has 7 nitrogen and oxygen atoms in total. The van der Waals surface area contributed by atoms with Crippen molar-refractivity contribution >= 4 is 18.0 Å². The lowest BCUT2D eigenvalue weighted by atomic mass is 10.1. The standard InChI is InChI=1S/C15H19NO6/c1-9-6-5-7-10(2)13(9)21-8-12(17)22-11(3)14(18)16-15(19)20-4/h5-7,11H,8H2,1-4H3,(H,16,18,19)/t11-/m0/s1. The number of alkyl carbamates (subject to hydrolysis) is 1. The van der Waals surface area contributed by atoms with Gasteiger partial charge < -0.3 is 14.2 Å². The molecule has 0 aromatic heterocycles. The number of imide groups is 1. The molecule has 0 radical (unpaired) electrons. The van der Waals surface area contributed by atoms with E-state index in [1.165, 1.54) is 6.92 Å². The Bertz CT molecular complexity index is 549. The van der Waals surface area contributed by atoms with Crippen LogP contribution in [-0.2, 0) is 19.1 Å². The van der Waals surface area contributed by atoms with Crippen molar-refractivity contribution in [2.75, 3.05) is 13.7 Å². The summed E-state index contributed by atoms with van der Waals surface area (Å²) in [5.41, 5.74) is 1.79. The number of ether oxygens (including phenoxy) is 3. The topological polar surface area (TPSA) is 90.9 Å². The molecule has 0 aliphatic rings. The summed E-state index contributed by atoms with van der Waals surface area (Å²) in [7, 11) is 1.12. The quantitative estimate of drug-likeness (QED) is 0.829. The lowest BCUT2D eigenvalue weighted by molar-refractivity contribution is -0.156. The zero-order valence-corrected chi connectivity index (χ0v) is 13.0. The maximum absolute atomic E-state index is 11.7. The third-order valence-corrected chi connectivity index (χ3v) is 2.83. The van der Waals surface area contributed by atoms with E-state index in [1.807, 2.05) is 37.4 Å². The maximum Gasteiger partial charge on any atom is 0.413 e. The molecule has 1 atom stereocenters. The van der Waals surface area contributed by atoms with E-state index >= 15 is 0 Å². The SMILES string of the molecule is COC(=O)NC(=O)[C@H](C)OC(=O)COc1c(C)cccc1C. The molecule has 7 heteroatoms. The molecule has 0 unspecified atom stereocenters. The molecule has 0 aliphatic carbocycles. The van der Waals surface area contributed by atoms with Crippen molar-refractivity contribution in [1.82, 2.24) is 5.32 Å². The molecule has 1 rings (SSSR count). The van der Waals surface area contributed by atoms with Crippen LogP contribution in [0.4, 0.5) is 4.79 Å². The zero-order valence-electron chi connectivity index (χ0n) is 13.0. The van der Waals surface area contributed by atoms with E-state index in [9.17, 15) is 14.4 Å². The predicted octanol–water partition coefficient (Wildman–Crippen LogP) is 1.50. The molecule has 1 N–H and O–H groups in total. The van der Waals surface area contributed by atoms with Crippen LogP contribution in [0.3, 0.4) is 0 Å². The number of carbonyl (C=O) groups is 3. The van der Waals surface area contributed by atoms with Gasteiger partial charge in [-0.25, -0.2) is 9.59 Å². The first-order valence-electron chi connectivity index (χ1n) is 6.62. The smallest absolute Gasteiger partial charge is 0.413 e. The molecule has 0 heterocycles. The van der Waals surface area contributed by atoms with Crippen molar-refractivity contribution in [2.24, 2.45) is 0 Å². The molecule has 2 amide bonds. The Kier molecular flexibility index (Phi) is 6.37. The highest BCUT2D eigenvalue weighted by Crippen LogP contribution is 2.22. The average Bonchev–Trinajstić information content (AvgIpc) is 2.46. The molecule has 120 valence electrons. The van der Waals surface area contributed by atoms with Gasteiger partial charge in [-0.05, 0) is 31.9 Å². The van der Waals surface area contributed by atoms with Crippen molar-refractivity contribution in [1.29, 1.82) is 0 Å². The molecular formula is C15H19NO6. The van der Waals surface area contributed by atoms with Crippen LogP contribution < -0.4 is 10.1 Å². The largest absolute Gasteiger partial charge is 0.481 e. The summed E-state index contributed by atoms with van der Waals surface area (Å²) in [4.78, 5) is 34.0. The molecule has 0 aliphatic heterocycles. The average molecular weight is 309 g/mol. The van der Waals surface area contributed by atoms with Crippen LogP contribution >= 0.6 is 0 Å². The Hall–Kier alpha value is -2.57. The van der Waals surface area contributed by atoms with Crippen molar-refractivity contribution in [3.63, 3.8) is 0 Å². The summed E-state index contributed by atoms with van der Waals surface area (Å²) < 4.78 is 14.6. The Morgan fingerprint density at radius 1 is 1.18 bits per heavy atom. The van der Waals surface area contributed by atoms with E-state index in [4.69, 9.17) is 9.47 Å². The number of methoxy groups -OCH3 is 1. The van der Waals surface area contributed by atoms with Crippen LogP contribution in [0, 0.1) is 13.8 Å². The van der Waals surface area contributed by atoms with Gasteiger partial charge in [-0.1, -0.05) is 18.2 Å². The molecule has 22 heavy (non-hydrogen) atoms. The first-order chi connectivity index (χ1) is 10.3. The Morgan fingerprint density at radius 3 is 2.32 bits per heavy atom. The third-order valence-electron chi connectivity index (χ3n) is 2.83. The van der Waals surface area contributed by atoms with E-state index in [0.717, 1.165) is 18.2 Å². The number of para-hydroxylation sites is 1. The number of benzene rings is 1. The number of hydrogen-bond acceptors (Lipinski definition) is 6. The number of nitrogens with one attached hydrogen (secondary N) is 1. The normalized spacial score (nSPS) is 11.3. The molecule has 0 spiro atoms.